The summed E-state index contributed by atoms with van der Waals surface area (Å²) in [5.74, 6) is 0. The maximum atomic E-state index is 11.6. The van der Waals surface area contributed by atoms with Crippen LogP contribution in [0.4, 0.5) is 0 Å². The van der Waals surface area contributed by atoms with Crippen LogP contribution in [-0.2, 0) is 5.60 Å². The third-order valence-electron chi connectivity index (χ3n) is 4.58. The molecule has 0 amide bonds. The van der Waals surface area contributed by atoms with Crippen LogP contribution in [0.2, 0.25) is 0 Å². The second-order valence-electron chi connectivity index (χ2n) is 5.99. The van der Waals surface area contributed by atoms with Gasteiger partial charge in [0.2, 0.25) is 0 Å². The molecule has 0 saturated carbocycles. The Morgan fingerprint density at radius 3 is 1.84 bits per heavy atom. The topological polar surface area (TPSA) is 55.7 Å². The molecule has 3 N–H and O–H groups in total. The molecular formula is C21H28N2O2. The molecule has 4 nitrogen and oxygen atoms in total. The van der Waals surface area contributed by atoms with E-state index < -0.39 is 5.60 Å². The normalized spacial score (nSPS) is 12.4. The molecule has 0 aliphatic heterocycles. The summed E-state index contributed by atoms with van der Waals surface area (Å²) >= 11 is 0. The first-order chi connectivity index (χ1) is 12.2. The predicted octanol–water partition coefficient (Wildman–Crippen LogP) is 3.52. The lowest BCUT2D eigenvalue weighted by Gasteiger charge is -2.31. The van der Waals surface area contributed by atoms with Crippen molar-refractivity contribution >= 4 is 0 Å². The first-order valence-electron chi connectivity index (χ1n) is 8.83. The molecule has 2 aromatic carbocycles. The molecule has 4 heteroatoms. The van der Waals surface area contributed by atoms with Crippen LogP contribution >= 0.6 is 0 Å². The zero-order valence-corrected chi connectivity index (χ0v) is 15.0. The van der Waals surface area contributed by atoms with Crippen LogP contribution in [0.3, 0.4) is 0 Å². The fourth-order valence-corrected chi connectivity index (χ4v) is 3.04. The first-order valence-corrected chi connectivity index (χ1v) is 8.83. The van der Waals surface area contributed by atoms with Crippen LogP contribution in [0.15, 0.2) is 72.4 Å². The average Bonchev–Trinajstić information content (AvgIpc) is 2.69. The van der Waals surface area contributed by atoms with E-state index in [4.69, 9.17) is 0 Å². The van der Waals surface area contributed by atoms with Crippen molar-refractivity contribution in [1.82, 2.24) is 10.4 Å². The number of aliphatic hydroxyl groups is 1. The third-order valence-corrected chi connectivity index (χ3v) is 4.58. The van der Waals surface area contributed by atoms with Gasteiger partial charge in [0.15, 0.2) is 5.60 Å². The molecule has 0 spiro atoms. The molecule has 0 saturated heterocycles. The number of hydroxylamine groups is 1. The highest BCUT2D eigenvalue weighted by Gasteiger charge is 2.35. The maximum Gasteiger partial charge on any atom is 0.156 e. The summed E-state index contributed by atoms with van der Waals surface area (Å²) in [5.41, 5.74) is 2.60. The van der Waals surface area contributed by atoms with E-state index in [0.717, 1.165) is 26.1 Å². The van der Waals surface area contributed by atoms with Gasteiger partial charge in [-0.25, -0.2) is 0 Å². The van der Waals surface area contributed by atoms with E-state index in [1.54, 1.807) is 0 Å². The smallest absolute Gasteiger partial charge is 0.156 e. The third kappa shape index (κ3) is 4.48. The molecule has 0 radical (unpaired) electrons. The molecule has 0 aliphatic rings. The van der Waals surface area contributed by atoms with E-state index in [2.05, 4.69) is 24.2 Å². The van der Waals surface area contributed by atoms with E-state index in [9.17, 15) is 10.3 Å². The standard InChI is InChI=1S/C21H28N2O2/c1-3-23(4-2)17-11-16-20(22-25)21(24,18-12-7-5-8-13-18)19-14-9-6-10-15-19/h5-10,12-16,22,24-25H,3-4,11,17H2,1-2H3/b20-16+. The van der Waals surface area contributed by atoms with Crippen molar-refractivity contribution in [2.75, 3.05) is 19.6 Å². The van der Waals surface area contributed by atoms with Gasteiger partial charge in [-0.1, -0.05) is 80.6 Å². The SMILES string of the molecule is CCN(CC)CC/C=C(/NO)C(O)(c1ccccc1)c1ccccc1. The van der Waals surface area contributed by atoms with E-state index in [-0.39, 0.29) is 0 Å². The fraction of sp³-hybridized carbons (Fsp3) is 0.333. The lowest BCUT2D eigenvalue weighted by Crippen LogP contribution is -2.36. The molecule has 134 valence electrons. The van der Waals surface area contributed by atoms with Crippen molar-refractivity contribution in [3.05, 3.63) is 83.6 Å². The Morgan fingerprint density at radius 1 is 0.960 bits per heavy atom. The van der Waals surface area contributed by atoms with Gasteiger partial charge < -0.3 is 10.0 Å². The van der Waals surface area contributed by atoms with Crippen molar-refractivity contribution < 1.29 is 10.3 Å². The summed E-state index contributed by atoms with van der Waals surface area (Å²) in [7, 11) is 0. The van der Waals surface area contributed by atoms with Gasteiger partial charge in [0.1, 0.15) is 0 Å². The highest BCUT2D eigenvalue weighted by Crippen LogP contribution is 2.35. The predicted molar refractivity (Wildman–Crippen MR) is 101 cm³/mol. The Hall–Kier alpha value is -2.14. The molecule has 0 fully saturated rings. The molecule has 2 aromatic rings. The fourth-order valence-electron chi connectivity index (χ4n) is 3.04. The summed E-state index contributed by atoms with van der Waals surface area (Å²) in [4.78, 5) is 2.30. The minimum Gasteiger partial charge on any atom is -0.374 e. The van der Waals surface area contributed by atoms with Crippen LogP contribution in [0.1, 0.15) is 31.4 Å². The average molecular weight is 340 g/mol. The molecule has 0 aromatic heterocycles. The molecule has 0 bridgehead atoms. The molecule has 25 heavy (non-hydrogen) atoms. The van der Waals surface area contributed by atoms with Crippen molar-refractivity contribution in [3.63, 3.8) is 0 Å². The van der Waals surface area contributed by atoms with Crippen molar-refractivity contribution in [2.24, 2.45) is 0 Å². The maximum absolute atomic E-state index is 11.6. The lowest BCUT2D eigenvalue weighted by atomic mass is 9.83. The van der Waals surface area contributed by atoms with Gasteiger partial charge in [-0.15, -0.1) is 0 Å². The van der Waals surface area contributed by atoms with Gasteiger partial charge in [0.05, 0.1) is 5.70 Å². The summed E-state index contributed by atoms with van der Waals surface area (Å²) in [6.45, 7) is 7.09. The molecule has 0 aliphatic carbocycles. The van der Waals surface area contributed by atoms with Crippen LogP contribution in [-0.4, -0.2) is 34.8 Å². The Balaban J connectivity index is 2.40. The highest BCUT2D eigenvalue weighted by molar-refractivity contribution is 5.44. The Kier molecular flexibility index (Phi) is 7.19. The monoisotopic (exact) mass is 340 g/mol. The summed E-state index contributed by atoms with van der Waals surface area (Å²) < 4.78 is 0. The molecule has 0 heterocycles. The van der Waals surface area contributed by atoms with Gasteiger partial charge in [0, 0.05) is 6.54 Å². The number of benzene rings is 2. The van der Waals surface area contributed by atoms with Crippen molar-refractivity contribution in [3.8, 4) is 0 Å². The second kappa shape index (κ2) is 9.37. The molecule has 2 rings (SSSR count). The molecular weight excluding hydrogens is 312 g/mol. The van der Waals surface area contributed by atoms with Gasteiger partial charge in [-0.3, -0.25) is 10.7 Å². The minimum absolute atomic E-state index is 0.372. The quantitative estimate of drug-likeness (QED) is 0.612. The largest absolute Gasteiger partial charge is 0.374 e. The van der Waals surface area contributed by atoms with Gasteiger partial charge in [-0.2, -0.15) is 0 Å². The van der Waals surface area contributed by atoms with Crippen LogP contribution in [0.25, 0.3) is 0 Å². The van der Waals surface area contributed by atoms with E-state index in [0.29, 0.717) is 16.8 Å². The zero-order valence-electron chi connectivity index (χ0n) is 15.0. The van der Waals surface area contributed by atoms with Crippen molar-refractivity contribution in [1.29, 1.82) is 0 Å². The van der Waals surface area contributed by atoms with E-state index in [1.165, 1.54) is 0 Å². The number of nitrogens with one attached hydrogen (secondary N) is 1. The summed E-state index contributed by atoms with van der Waals surface area (Å²) in [6, 6.07) is 18.8. The van der Waals surface area contributed by atoms with Gasteiger partial charge >= 0.3 is 0 Å². The van der Waals surface area contributed by atoms with Crippen LogP contribution in [0, 0.1) is 0 Å². The summed E-state index contributed by atoms with van der Waals surface area (Å²) in [5, 5.41) is 21.4. The van der Waals surface area contributed by atoms with E-state index >= 15 is 0 Å². The van der Waals surface area contributed by atoms with Crippen LogP contribution < -0.4 is 5.48 Å². The first kappa shape index (κ1) is 19.2. The molecule has 0 unspecified atom stereocenters. The van der Waals surface area contributed by atoms with Crippen molar-refractivity contribution in [2.45, 2.75) is 25.9 Å². The Morgan fingerprint density at radius 2 is 1.44 bits per heavy atom. The second-order valence-corrected chi connectivity index (χ2v) is 5.99. The van der Waals surface area contributed by atoms with Crippen LogP contribution in [0.5, 0.6) is 0 Å². The summed E-state index contributed by atoms with van der Waals surface area (Å²) in [6.07, 6.45) is 2.60. The molecule has 0 atom stereocenters. The van der Waals surface area contributed by atoms with Gasteiger partial charge in [0.25, 0.3) is 0 Å². The Bertz CT molecular complexity index is 613. The van der Waals surface area contributed by atoms with Gasteiger partial charge in [-0.05, 0) is 30.6 Å². The van der Waals surface area contributed by atoms with E-state index in [1.807, 2.05) is 66.7 Å². The minimum atomic E-state index is -1.43. The number of rotatable bonds is 9. The Labute approximate surface area is 150 Å². The zero-order chi connectivity index (χ0) is 18.1. The number of hydrogen-bond acceptors (Lipinski definition) is 4. The number of nitrogens with zero attached hydrogens (tertiary/aromatic N) is 1. The number of hydrogen-bond donors (Lipinski definition) is 3. The highest BCUT2D eigenvalue weighted by atomic mass is 16.5. The lowest BCUT2D eigenvalue weighted by molar-refractivity contribution is 0.0729.